The fourth-order valence-corrected chi connectivity index (χ4v) is 1.99. The van der Waals surface area contributed by atoms with Crippen molar-refractivity contribution in [3.05, 3.63) is 34.3 Å². The molecular formula is C10H10N4O3S. The summed E-state index contributed by atoms with van der Waals surface area (Å²) in [6.45, 7) is 0.268. The number of carboxylic acids is 1. The lowest BCUT2D eigenvalue weighted by atomic mass is 10.5. The largest absolute Gasteiger partial charge is 0.476 e. The van der Waals surface area contributed by atoms with Gasteiger partial charge in [-0.1, -0.05) is 0 Å². The molecule has 18 heavy (non-hydrogen) atoms. The molecule has 0 radical (unpaired) electrons. The number of nitrogens with zero attached hydrogens (tertiary/aromatic N) is 3. The van der Waals surface area contributed by atoms with Crippen LogP contribution in [0.15, 0.2) is 17.8 Å². The predicted molar refractivity (Wildman–Crippen MR) is 63.5 cm³/mol. The zero-order valence-electron chi connectivity index (χ0n) is 9.45. The van der Waals surface area contributed by atoms with Crippen molar-refractivity contribution in [3.8, 4) is 0 Å². The van der Waals surface area contributed by atoms with Crippen LogP contribution in [-0.4, -0.2) is 31.5 Å². The second kappa shape index (κ2) is 4.96. The van der Waals surface area contributed by atoms with E-state index in [2.05, 4.69) is 15.3 Å². The number of carboxylic acid groups (broad SMARTS) is 1. The molecule has 0 saturated heterocycles. The first-order valence-corrected chi connectivity index (χ1v) is 5.89. The van der Waals surface area contributed by atoms with E-state index in [-0.39, 0.29) is 17.2 Å². The molecule has 0 fully saturated rings. The fourth-order valence-electron chi connectivity index (χ4n) is 1.28. The summed E-state index contributed by atoms with van der Waals surface area (Å²) in [5.74, 6) is -0.844. The highest BCUT2D eigenvalue weighted by Gasteiger charge is 2.14. The maximum Gasteiger partial charge on any atom is 0.355 e. The Labute approximate surface area is 106 Å². The van der Waals surface area contributed by atoms with E-state index in [0.29, 0.717) is 5.82 Å². The molecule has 8 heteroatoms. The average Bonchev–Trinajstić information content (AvgIpc) is 2.94. The van der Waals surface area contributed by atoms with E-state index in [1.165, 1.54) is 5.38 Å². The molecule has 2 heterocycles. The van der Waals surface area contributed by atoms with Crippen LogP contribution in [0.5, 0.6) is 0 Å². The molecule has 1 amide bonds. The van der Waals surface area contributed by atoms with Crippen molar-refractivity contribution in [1.29, 1.82) is 0 Å². The van der Waals surface area contributed by atoms with Gasteiger partial charge in [0.25, 0.3) is 5.91 Å². The summed E-state index contributed by atoms with van der Waals surface area (Å²) in [5.41, 5.74) is -0.123. The summed E-state index contributed by atoms with van der Waals surface area (Å²) in [6, 6.07) is 0. The molecule has 0 unspecified atom stereocenters. The van der Waals surface area contributed by atoms with Crippen molar-refractivity contribution in [2.24, 2.45) is 7.05 Å². The molecule has 7 nitrogen and oxygen atoms in total. The summed E-state index contributed by atoms with van der Waals surface area (Å²) in [7, 11) is 1.82. The maximum atomic E-state index is 11.7. The van der Waals surface area contributed by atoms with Gasteiger partial charge >= 0.3 is 5.97 Å². The first-order valence-electron chi connectivity index (χ1n) is 5.01. The Morgan fingerprint density at radius 1 is 1.56 bits per heavy atom. The maximum absolute atomic E-state index is 11.7. The molecule has 2 aromatic rings. The molecule has 0 aliphatic carbocycles. The Kier molecular flexibility index (Phi) is 3.38. The summed E-state index contributed by atoms with van der Waals surface area (Å²) < 4.78 is 1.78. The number of aromatic carboxylic acids is 1. The van der Waals surface area contributed by atoms with Crippen molar-refractivity contribution in [2.75, 3.05) is 0 Å². The number of hydrogen-bond donors (Lipinski definition) is 2. The number of aryl methyl sites for hydroxylation is 1. The van der Waals surface area contributed by atoms with Gasteiger partial charge in [0.05, 0.1) is 6.54 Å². The molecule has 2 aromatic heterocycles. The fraction of sp³-hybridized carbons (Fsp3) is 0.200. The second-order valence-electron chi connectivity index (χ2n) is 3.48. The van der Waals surface area contributed by atoms with Gasteiger partial charge in [0.2, 0.25) is 0 Å². The van der Waals surface area contributed by atoms with Crippen LogP contribution in [0.4, 0.5) is 0 Å². The predicted octanol–water partition coefficient (Wildman–Crippen LogP) is 0.505. The summed E-state index contributed by atoms with van der Waals surface area (Å²) >= 11 is 0.996. The van der Waals surface area contributed by atoms with E-state index in [9.17, 15) is 9.59 Å². The number of amides is 1. The number of thiazole rings is 1. The van der Waals surface area contributed by atoms with E-state index in [1.54, 1.807) is 17.0 Å². The third-order valence-corrected chi connectivity index (χ3v) is 3.09. The van der Waals surface area contributed by atoms with Gasteiger partial charge in [0, 0.05) is 24.8 Å². The Morgan fingerprint density at radius 2 is 2.33 bits per heavy atom. The number of hydrogen-bond acceptors (Lipinski definition) is 5. The molecule has 0 spiro atoms. The van der Waals surface area contributed by atoms with Crippen LogP contribution in [0.3, 0.4) is 0 Å². The topological polar surface area (TPSA) is 97.1 Å². The van der Waals surface area contributed by atoms with Gasteiger partial charge in [-0.2, -0.15) is 0 Å². The van der Waals surface area contributed by atoms with Gasteiger partial charge in [-0.25, -0.2) is 14.8 Å². The number of rotatable bonds is 4. The highest BCUT2D eigenvalue weighted by atomic mass is 32.1. The van der Waals surface area contributed by atoms with Crippen LogP contribution < -0.4 is 5.32 Å². The van der Waals surface area contributed by atoms with Crippen LogP contribution in [0.2, 0.25) is 0 Å². The first kappa shape index (κ1) is 12.2. The number of carbonyl (C=O) groups excluding carboxylic acids is 1. The number of carbonyl (C=O) groups is 2. The highest BCUT2D eigenvalue weighted by molar-refractivity contribution is 7.11. The second-order valence-corrected chi connectivity index (χ2v) is 4.34. The van der Waals surface area contributed by atoms with E-state index in [4.69, 9.17) is 5.11 Å². The number of nitrogens with one attached hydrogen (secondary N) is 1. The lowest BCUT2D eigenvalue weighted by molar-refractivity contribution is 0.0691. The molecule has 94 valence electrons. The van der Waals surface area contributed by atoms with Crippen LogP contribution in [0.25, 0.3) is 0 Å². The summed E-state index contributed by atoms with van der Waals surface area (Å²) in [6.07, 6.45) is 3.40. The average molecular weight is 266 g/mol. The number of aromatic nitrogens is 3. The molecule has 2 rings (SSSR count). The van der Waals surface area contributed by atoms with Gasteiger partial charge in [-0.05, 0) is 0 Å². The number of imidazole rings is 1. The van der Waals surface area contributed by atoms with Gasteiger partial charge < -0.3 is 15.0 Å². The third kappa shape index (κ3) is 2.54. The van der Waals surface area contributed by atoms with Crippen molar-refractivity contribution in [1.82, 2.24) is 19.9 Å². The Morgan fingerprint density at radius 3 is 2.89 bits per heavy atom. The SMILES string of the molecule is Cn1ccnc1CNC(=O)c1nc(C(=O)O)cs1. The van der Waals surface area contributed by atoms with Gasteiger partial charge in [-0.15, -0.1) is 11.3 Å². The van der Waals surface area contributed by atoms with Crippen LogP contribution in [0.1, 0.15) is 26.1 Å². The quantitative estimate of drug-likeness (QED) is 0.840. The van der Waals surface area contributed by atoms with Crippen molar-refractivity contribution in [3.63, 3.8) is 0 Å². The van der Waals surface area contributed by atoms with Gasteiger partial charge in [-0.3, -0.25) is 4.79 Å². The molecule has 0 saturated carbocycles. The zero-order chi connectivity index (χ0) is 13.1. The minimum Gasteiger partial charge on any atom is -0.476 e. The monoisotopic (exact) mass is 266 g/mol. The minimum atomic E-state index is -1.14. The zero-order valence-corrected chi connectivity index (χ0v) is 10.3. The Balaban J connectivity index is 1.99. The van der Waals surface area contributed by atoms with E-state index in [0.717, 1.165) is 11.3 Å². The van der Waals surface area contributed by atoms with Crippen molar-refractivity contribution >= 4 is 23.2 Å². The van der Waals surface area contributed by atoms with Crippen LogP contribution >= 0.6 is 11.3 Å². The lowest BCUT2D eigenvalue weighted by Gasteiger charge is -2.02. The van der Waals surface area contributed by atoms with Crippen LogP contribution in [-0.2, 0) is 13.6 Å². The minimum absolute atomic E-state index is 0.123. The molecule has 0 atom stereocenters. The Hall–Kier alpha value is -2.22. The summed E-state index contributed by atoms with van der Waals surface area (Å²) in [4.78, 5) is 30.1. The van der Waals surface area contributed by atoms with Gasteiger partial charge in [0.15, 0.2) is 10.7 Å². The summed E-state index contributed by atoms with van der Waals surface area (Å²) in [5, 5.41) is 12.8. The van der Waals surface area contributed by atoms with Crippen molar-refractivity contribution < 1.29 is 14.7 Å². The van der Waals surface area contributed by atoms with Crippen molar-refractivity contribution in [2.45, 2.75) is 6.54 Å². The molecule has 2 N–H and O–H groups in total. The molecule has 0 aliphatic heterocycles. The van der Waals surface area contributed by atoms with Gasteiger partial charge in [0.1, 0.15) is 5.82 Å². The molecular weight excluding hydrogens is 256 g/mol. The third-order valence-electron chi connectivity index (χ3n) is 2.25. The van der Waals surface area contributed by atoms with E-state index < -0.39 is 11.9 Å². The molecule has 0 aromatic carbocycles. The lowest BCUT2D eigenvalue weighted by Crippen LogP contribution is -2.24. The van der Waals surface area contributed by atoms with E-state index >= 15 is 0 Å². The van der Waals surface area contributed by atoms with E-state index in [1.807, 2.05) is 7.05 Å². The smallest absolute Gasteiger partial charge is 0.355 e. The normalized spacial score (nSPS) is 10.3. The standard InChI is InChI=1S/C10H10N4O3S/c1-14-3-2-11-7(14)4-12-8(15)9-13-6(5-18-9)10(16)17/h2-3,5H,4H2,1H3,(H,12,15)(H,16,17). The molecule has 0 aliphatic rings. The molecule has 0 bridgehead atoms. The first-order chi connectivity index (χ1) is 8.58. The highest BCUT2D eigenvalue weighted by Crippen LogP contribution is 2.09. The Bertz CT molecular complexity index is 589. The van der Waals surface area contributed by atoms with Crippen LogP contribution in [0, 0.1) is 0 Å².